The van der Waals surface area contributed by atoms with Crippen molar-refractivity contribution < 1.29 is 17.9 Å². The molecule has 2 atom stereocenters. The molecule has 0 saturated carbocycles. The summed E-state index contributed by atoms with van der Waals surface area (Å²) in [6.07, 6.45) is 2.12. The Hall–Kier alpha value is -2.01. The molecule has 2 unspecified atom stereocenters. The SMILES string of the molecule is CCCCCC.COc1ccc(C2CNC(c3ccc(C(F)(F)F)cc3)C2)cc1C. The van der Waals surface area contributed by atoms with Crippen molar-refractivity contribution >= 4 is 0 Å². The van der Waals surface area contributed by atoms with Gasteiger partial charge in [0.1, 0.15) is 5.75 Å². The molecule has 0 aliphatic carbocycles. The van der Waals surface area contributed by atoms with E-state index < -0.39 is 11.7 Å². The summed E-state index contributed by atoms with van der Waals surface area (Å²) in [6, 6.07) is 11.7. The fraction of sp³-hybridized carbons (Fsp3) is 0.520. The molecule has 3 rings (SSSR count). The molecule has 1 heterocycles. The lowest BCUT2D eigenvalue weighted by molar-refractivity contribution is -0.137. The number of benzene rings is 2. The van der Waals surface area contributed by atoms with E-state index in [0.29, 0.717) is 5.92 Å². The third-order valence-electron chi connectivity index (χ3n) is 5.62. The maximum absolute atomic E-state index is 12.7. The minimum absolute atomic E-state index is 0.0830. The van der Waals surface area contributed by atoms with E-state index in [1.165, 1.54) is 31.2 Å². The number of nitrogens with one attached hydrogen (secondary N) is 1. The average Bonchev–Trinajstić information content (AvgIpc) is 3.22. The van der Waals surface area contributed by atoms with Crippen molar-refractivity contribution in [1.29, 1.82) is 0 Å². The summed E-state index contributed by atoms with van der Waals surface area (Å²) in [4.78, 5) is 0. The lowest BCUT2D eigenvalue weighted by Gasteiger charge is -2.14. The van der Waals surface area contributed by atoms with Gasteiger partial charge in [-0.25, -0.2) is 0 Å². The molecular formula is C25H34F3NO. The number of hydrogen-bond donors (Lipinski definition) is 1. The Labute approximate surface area is 178 Å². The second-order valence-electron chi connectivity index (χ2n) is 7.95. The number of halogens is 3. The van der Waals surface area contributed by atoms with Crippen LogP contribution in [0.5, 0.6) is 5.75 Å². The van der Waals surface area contributed by atoms with Gasteiger partial charge in [-0.15, -0.1) is 0 Å². The molecular weight excluding hydrogens is 387 g/mol. The van der Waals surface area contributed by atoms with Crippen LogP contribution in [-0.4, -0.2) is 13.7 Å². The Morgan fingerprint density at radius 1 is 0.967 bits per heavy atom. The van der Waals surface area contributed by atoms with Crippen molar-refractivity contribution in [3.05, 3.63) is 64.7 Å². The van der Waals surface area contributed by atoms with Gasteiger partial charge in [0.15, 0.2) is 0 Å². The number of hydrogen-bond acceptors (Lipinski definition) is 2. The molecule has 0 radical (unpaired) electrons. The molecule has 166 valence electrons. The summed E-state index contributed by atoms with van der Waals surface area (Å²) >= 11 is 0. The highest BCUT2D eigenvalue weighted by atomic mass is 19.4. The van der Waals surface area contributed by atoms with Gasteiger partial charge in [0, 0.05) is 12.6 Å². The van der Waals surface area contributed by atoms with E-state index in [2.05, 4.69) is 31.3 Å². The highest BCUT2D eigenvalue weighted by molar-refractivity contribution is 5.38. The van der Waals surface area contributed by atoms with E-state index in [9.17, 15) is 13.2 Å². The van der Waals surface area contributed by atoms with Crippen molar-refractivity contribution in [1.82, 2.24) is 5.32 Å². The molecule has 5 heteroatoms. The third-order valence-corrected chi connectivity index (χ3v) is 5.62. The van der Waals surface area contributed by atoms with E-state index in [1.807, 2.05) is 13.0 Å². The Morgan fingerprint density at radius 2 is 1.57 bits per heavy atom. The molecule has 2 aromatic carbocycles. The fourth-order valence-electron chi connectivity index (χ4n) is 3.80. The summed E-state index contributed by atoms with van der Waals surface area (Å²) in [7, 11) is 1.65. The summed E-state index contributed by atoms with van der Waals surface area (Å²) in [5, 5.41) is 3.42. The van der Waals surface area contributed by atoms with Gasteiger partial charge in [0.25, 0.3) is 0 Å². The van der Waals surface area contributed by atoms with Crippen LogP contribution >= 0.6 is 0 Å². The Balaban J connectivity index is 0.000000469. The summed E-state index contributed by atoms with van der Waals surface area (Å²) in [5.41, 5.74) is 2.62. The Morgan fingerprint density at radius 3 is 2.07 bits per heavy atom. The van der Waals surface area contributed by atoms with Gasteiger partial charge >= 0.3 is 6.18 Å². The predicted molar refractivity (Wildman–Crippen MR) is 117 cm³/mol. The number of unbranched alkanes of at least 4 members (excludes halogenated alkanes) is 3. The number of ether oxygens (including phenoxy) is 1. The number of alkyl halides is 3. The highest BCUT2D eigenvalue weighted by Gasteiger charge is 2.31. The van der Waals surface area contributed by atoms with E-state index in [0.717, 1.165) is 42.0 Å². The van der Waals surface area contributed by atoms with Crippen LogP contribution < -0.4 is 10.1 Å². The summed E-state index contributed by atoms with van der Waals surface area (Å²) in [5.74, 6) is 1.21. The van der Waals surface area contributed by atoms with Crippen LogP contribution in [0, 0.1) is 6.92 Å². The molecule has 30 heavy (non-hydrogen) atoms. The smallest absolute Gasteiger partial charge is 0.416 e. The first-order valence-electron chi connectivity index (χ1n) is 10.8. The highest BCUT2D eigenvalue weighted by Crippen LogP contribution is 2.36. The van der Waals surface area contributed by atoms with Crippen molar-refractivity contribution in [2.75, 3.05) is 13.7 Å². The number of methoxy groups -OCH3 is 1. The maximum Gasteiger partial charge on any atom is 0.416 e. The molecule has 1 aliphatic rings. The standard InChI is InChI=1S/C19H20F3NO.C6H14/c1-12-9-14(5-8-18(12)24-2)15-10-17(23-11-15)13-3-6-16(7-4-13)19(20,21)22;1-3-5-6-4-2/h3-9,15,17,23H,10-11H2,1-2H3;3-6H2,1-2H3. The van der Waals surface area contributed by atoms with Crippen molar-refractivity contribution in [3.63, 3.8) is 0 Å². The van der Waals surface area contributed by atoms with E-state index >= 15 is 0 Å². The van der Waals surface area contributed by atoms with Crippen LogP contribution in [0.2, 0.25) is 0 Å². The normalized spacial score (nSPS) is 18.6. The van der Waals surface area contributed by atoms with Gasteiger partial charge in [-0.1, -0.05) is 63.8 Å². The zero-order chi connectivity index (χ0) is 22.1. The van der Waals surface area contributed by atoms with Crippen molar-refractivity contribution in [3.8, 4) is 5.75 Å². The molecule has 1 saturated heterocycles. The molecule has 2 nitrogen and oxygen atoms in total. The van der Waals surface area contributed by atoms with Crippen LogP contribution in [0.1, 0.15) is 80.2 Å². The second-order valence-corrected chi connectivity index (χ2v) is 7.95. The van der Waals surface area contributed by atoms with Crippen molar-refractivity contribution in [2.24, 2.45) is 0 Å². The second kappa shape index (κ2) is 11.4. The predicted octanol–water partition coefficient (Wildman–Crippen LogP) is 7.43. The topological polar surface area (TPSA) is 21.3 Å². The largest absolute Gasteiger partial charge is 0.496 e. The Bertz CT molecular complexity index is 767. The zero-order valence-electron chi connectivity index (χ0n) is 18.5. The molecule has 0 amide bonds. The summed E-state index contributed by atoms with van der Waals surface area (Å²) < 4.78 is 43.2. The first kappa shape index (κ1) is 24.3. The van der Waals surface area contributed by atoms with Gasteiger partial charge in [-0.05, 0) is 54.2 Å². The van der Waals surface area contributed by atoms with Crippen LogP contribution in [0.15, 0.2) is 42.5 Å². The lowest BCUT2D eigenvalue weighted by atomic mass is 9.92. The first-order chi connectivity index (χ1) is 14.3. The minimum atomic E-state index is -4.29. The van der Waals surface area contributed by atoms with Crippen LogP contribution in [0.3, 0.4) is 0 Å². The Kier molecular flexibility index (Phi) is 9.22. The van der Waals surface area contributed by atoms with E-state index in [4.69, 9.17) is 4.74 Å². The van der Waals surface area contributed by atoms with Gasteiger partial charge in [-0.2, -0.15) is 13.2 Å². The molecule has 1 N–H and O–H groups in total. The monoisotopic (exact) mass is 421 g/mol. The third kappa shape index (κ3) is 6.76. The lowest BCUT2D eigenvalue weighted by Crippen LogP contribution is -2.14. The van der Waals surface area contributed by atoms with E-state index in [-0.39, 0.29) is 6.04 Å². The number of aryl methyl sites for hydroxylation is 1. The zero-order valence-corrected chi connectivity index (χ0v) is 18.5. The molecule has 0 aromatic heterocycles. The molecule has 0 bridgehead atoms. The molecule has 1 fully saturated rings. The van der Waals surface area contributed by atoms with Gasteiger partial charge in [0.2, 0.25) is 0 Å². The number of rotatable bonds is 6. The molecule has 0 spiro atoms. The maximum atomic E-state index is 12.7. The quantitative estimate of drug-likeness (QED) is 0.490. The molecule has 2 aromatic rings. The fourth-order valence-corrected chi connectivity index (χ4v) is 3.80. The van der Waals surface area contributed by atoms with Gasteiger partial charge in [-0.3, -0.25) is 0 Å². The van der Waals surface area contributed by atoms with Crippen LogP contribution in [0.25, 0.3) is 0 Å². The summed E-state index contributed by atoms with van der Waals surface area (Å²) in [6.45, 7) is 7.29. The van der Waals surface area contributed by atoms with Gasteiger partial charge < -0.3 is 10.1 Å². The molecule has 1 aliphatic heterocycles. The van der Waals surface area contributed by atoms with Gasteiger partial charge in [0.05, 0.1) is 12.7 Å². The van der Waals surface area contributed by atoms with Crippen LogP contribution in [0.4, 0.5) is 13.2 Å². The van der Waals surface area contributed by atoms with Crippen LogP contribution in [-0.2, 0) is 6.18 Å². The first-order valence-corrected chi connectivity index (χ1v) is 10.8. The minimum Gasteiger partial charge on any atom is -0.496 e. The average molecular weight is 422 g/mol. The van der Waals surface area contributed by atoms with E-state index in [1.54, 1.807) is 19.2 Å². The van der Waals surface area contributed by atoms with Crippen molar-refractivity contribution in [2.45, 2.75) is 71.0 Å².